The Morgan fingerprint density at radius 1 is 1.53 bits per heavy atom. The molecule has 1 amide bonds. The summed E-state index contributed by atoms with van der Waals surface area (Å²) in [5.74, 6) is 1.38. The number of carbonyl (C=O) groups is 1. The number of rotatable bonds is 1. The van der Waals surface area contributed by atoms with E-state index in [1.165, 1.54) is 0 Å². The lowest BCUT2D eigenvalue weighted by Gasteiger charge is -2.23. The third-order valence-electron chi connectivity index (χ3n) is 4.07. The SMILES string of the molecule is CC1C2CNCC2CN1C(=O)c1cc(Br)c[nH]1. The highest BCUT2D eigenvalue weighted by Crippen LogP contribution is 2.33. The molecule has 0 aromatic carbocycles. The third kappa shape index (κ3) is 1.81. The van der Waals surface area contributed by atoms with Crippen molar-refractivity contribution in [3.05, 3.63) is 22.4 Å². The Morgan fingerprint density at radius 3 is 3.00 bits per heavy atom. The highest BCUT2D eigenvalue weighted by atomic mass is 79.9. The summed E-state index contributed by atoms with van der Waals surface area (Å²) >= 11 is 3.36. The fourth-order valence-electron chi connectivity index (χ4n) is 3.08. The lowest BCUT2D eigenvalue weighted by atomic mass is 9.95. The average molecular weight is 298 g/mol. The van der Waals surface area contributed by atoms with Crippen molar-refractivity contribution in [1.82, 2.24) is 15.2 Å². The van der Waals surface area contributed by atoms with Crippen molar-refractivity contribution in [2.75, 3.05) is 19.6 Å². The molecule has 0 radical (unpaired) electrons. The number of amides is 1. The first kappa shape index (κ1) is 11.3. The van der Waals surface area contributed by atoms with Gasteiger partial charge in [-0.1, -0.05) is 0 Å². The van der Waals surface area contributed by atoms with Crippen molar-refractivity contribution in [3.63, 3.8) is 0 Å². The van der Waals surface area contributed by atoms with E-state index in [0.29, 0.717) is 23.6 Å². The molecule has 0 bridgehead atoms. The zero-order valence-corrected chi connectivity index (χ0v) is 11.3. The summed E-state index contributed by atoms with van der Waals surface area (Å²) in [6.07, 6.45) is 1.80. The molecule has 17 heavy (non-hydrogen) atoms. The van der Waals surface area contributed by atoms with Crippen LogP contribution >= 0.6 is 15.9 Å². The molecule has 3 atom stereocenters. The number of halogens is 1. The number of carbonyl (C=O) groups excluding carboxylic acids is 1. The lowest BCUT2D eigenvalue weighted by Crippen LogP contribution is -2.38. The Morgan fingerprint density at radius 2 is 2.35 bits per heavy atom. The van der Waals surface area contributed by atoms with Crippen LogP contribution < -0.4 is 5.32 Å². The average Bonchev–Trinajstić information content (AvgIpc) is 2.96. The summed E-state index contributed by atoms with van der Waals surface area (Å²) in [5, 5.41) is 3.40. The first-order valence-electron chi connectivity index (χ1n) is 6.02. The largest absolute Gasteiger partial charge is 0.356 e. The van der Waals surface area contributed by atoms with Gasteiger partial charge in [-0.05, 0) is 40.8 Å². The van der Waals surface area contributed by atoms with Gasteiger partial charge in [0.15, 0.2) is 0 Å². The molecule has 1 aromatic rings. The monoisotopic (exact) mass is 297 g/mol. The molecule has 4 nitrogen and oxygen atoms in total. The molecular weight excluding hydrogens is 282 g/mol. The van der Waals surface area contributed by atoms with Gasteiger partial charge in [0.1, 0.15) is 5.69 Å². The molecule has 5 heteroatoms. The van der Waals surface area contributed by atoms with Crippen LogP contribution in [0.1, 0.15) is 17.4 Å². The Hall–Kier alpha value is -0.810. The molecule has 0 spiro atoms. The minimum atomic E-state index is 0.123. The molecule has 2 N–H and O–H groups in total. The molecule has 2 fully saturated rings. The number of hydrogen-bond donors (Lipinski definition) is 2. The van der Waals surface area contributed by atoms with E-state index < -0.39 is 0 Å². The van der Waals surface area contributed by atoms with Crippen LogP contribution in [0, 0.1) is 11.8 Å². The van der Waals surface area contributed by atoms with E-state index in [9.17, 15) is 4.79 Å². The number of fused-ring (bicyclic) bond motifs is 1. The Labute approximate surface area is 109 Å². The van der Waals surface area contributed by atoms with Crippen LogP contribution in [0.5, 0.6) is 0 Å². The van der Waals surface area contributed by atoms with Crippen molar-refractivity contribution < 1.29 is 4.79 Å². The van der Waals surface area contributed by atoms with Crippen molar-refractivity contribution in [2.24, 2.45) is 11.8 Å². The summed E-state index contributed by atoms with van der Waals surface area (Å²) < 4.78 is 0.926. The van der Waals surface area contributed by atoms with Crippen LogP contribution in [-0.2, 0) is 0 Å². The molecule has 3 heterocycles. The van der Waals surface area contributed by atoms with Crippen molar-refractivity contribution >= 4 is 21.8 Å². The van der Waals surface area contributed by atoms with E-state index in [4.69, 9.17) is 0 Å². The highest BCUT2D eigenvalue weighted by molar-refractivity contribution is 9.10. The predicted molar refractivity (Wildman–Crippen MR) is 68.8 cm³/mol. The number of nitrogens with zero attached hydrogens (tertiary/aromatic N) is 1. The van der Waals surface area contributed by atoms with Gasteiger partial charge >= 0.3 is 0 Å². The Bertz CT molecular complexity index is 445. The number of aromatic nitrogens is 1. The molecule has 0 saturated carbocycles. The van der Waals surface area contributed by atoms with Gasteiger partial charge in [-0.2, -0.15) is 0 Å². The summed E-state index contributed by atoms with van der Waals surface area (Å²) in [4.78, 5) is 17.4. The van der Waals surface area contributed by atoms with E-state index in [1.54, 1.807) is 6.20 Å². The predicted octanol–water partition coefficient (Wildman–Crippen LogP) is 1.46. The summed E-state index contributed by atoms with van der Waals surface area (Å²) in [7, 11) is 0. The molecule has 0 aliphatic carbocycles. The van der Waals surface area contributed by atoms with E-state index in [-0.39, 0.29) is 5.91 Å². The van der Waals surface area contributed by atoms with Crippen molar-refractivity contribution in [2.45, 2.75) is 13.0 Å². The lowest BCUT2D eigenvalue weighted by molar-refractivity contribution is 0.0723. The molecule has 2 aliphatic heterocycles. The summed E-state index contributed by atoms with van der Waals surface area (Å²) in [5.41, 5.74) is 0.677. The second-order valence-electron chi connectivity index (χ2n) is 5.01. The van der Waals surface area contributed by atoms with Gasteiger partial charge in [0, 0.05) is 36.3 Å². The van der Waals surface area contributed by atoms with Crippen molar-refractivity contribution in [3.8, 4) is 0 Å². The maximum Gasteiger partial charge on any atom is 0.270 e. The molecule has 1 aromatic heterocycles. The topological polar surface area (TPSA) is 48.1 Å². The smallest absolute Gasteiger partial charge is 0.270 e. The zero-order chi connectivity index (χ0) is 12.0. The van der Waals surface area contributed by atoms with Gasteiger partial charge in [-0.3, -0.25) is 4.79 Å². The first-order valence-corrected chi connectivity index (χ1v) is 6.81. The molecule has 2 aliphatic rings. The quantitative estimate of drug-likeness (QED) is 0.824. The second-order valence-corrected chi connectivity index (χ2v) is 5.93. The maximum absolute atomic E-state index is 12.4. The third-order valence-corrected chi connectivity index (χ3v) is 4.53. The molecule has 92 valence electrons. The van der Waals surface area contributed by atoms with Gasteiger partial charge in [-0.25, -0.2) is 0 Å². The van der Waals surface area contributed by atoms with Crippen LogP contribution in [0.3, 0.4) is 0 Å². The molecule has 2 saturated heterocycles. The van der Waals surface area contributed by atoms with E-state index in [2.05, 4.69) is 33.2 Å². The number of hydrogen-bond acceptors (Lipinski definition) is 2. The fraction of sp³-hybridized carbons (Fsp3) is 0.583. The van der Waals surface area contributed by atoms with Gasteiger partial charge in [0.25, 0.3) is 5.91 Å². The second kappa shape index (κ2) is 4.14. The maximum atomic E-state index is 12.4. The first-order chi connectivity index (χ1) is 8.16. The number of nitrogens with one attached hydrogen (secondary N) is 2. The normalized spacial score (nSPS) is 31.9. The van der Waals surface area contributed by atoms with Crippen LogP contribution in [0.15, 0.2) is 16.7 Å². The van der Waals surface area contributed by atoms with Crippen LogP contribution in [0.2, 0.25) is 0 Å². The standard InChI is InChI=1S/C12H16BrN3O/c1-7-10-5-14-3-8(10)6-16(7)12(17)11-2-9(13)4-15-11/h2,4,7-8,10,14-15H,3,5-6H2,1H3. The van der Waals surface area contributed by atoms with Gasteiger partial charge in [0.2, 0.25) is 0 Å². The molecular formula is C12H16BrN3O. The molecule has 3 rings (SSSR count). The van der Waals surface area contributed by atoms with Crippen LogP contribution in [0.4, 0.5) is 0 Å². The number of H-pyrrole nitrogens is 1. The number of likely N-dealkylation sites (tertiary alicyclic amines) is 1. The van der Waals surface area contributed by atoms with Gasteiger partial charge in [0.05, 0.1) is 0 Å². The van der Waals surface area contributed by atoms with Crippen LogP contribution in [0.25, 0.3) is 0 Å². The molecule has 3 unspecified atom stereocenters. The minimum Gasteiger partial charge on any atom is -0.356 e. The van der Waals surface area contributed by atoms with Crippen LogP contribution in [-0.4, -0.2) is 41.5 Å². The van der Waals surface area contributed by atoms with Gasteiger partial charge in [-0.15, -0.1) is 0 Å². The summed E-state index contributed by atoms with van der Waals surface area (Å²) in [6, 6.07) is 2.19. The Kier molecular flexibility index (Phi) is 2.75. The minimum absolute atomic E-state index is 0.123. The Balaban J connectivity index is 1.79. The fourth-order valence-corrected chi connectivity index (χ4v) is 3.43. The van der Waals surface area contributed by atoms with Crippen molar-refractivity contribution in [1.29, 1.82) is 0 Å². The highest BCUT2D eigenvalue weighted by Gasteiger charge is 2.43. The van der Waals surface area contributed by atoms with Gasteiger partial charge < -0.3 is 15.2 Å². The van der Waals surface area contributed by atoms with E-state index in [1.807, 2.05) is 11.0 Å². The van der Waals surface area contributed by atoms with E-state index in [0.717, 1.165) is 24.1 Å². The number of aromatic amines is 1. The summed E-state index contributed by atoms with van der Waals surface area (Å²) in [6.45, 7) is 5.14. The van der Waals surface area contributed by atoms with E-state index >= 15 is 0 Å². The zero-order valence-electron chi connectivity index (χ0n) is 9.74.